The van der Waals surface area contributed by atoms with Crippen molar-refractivity contribution in [1.29, 1.82) is 5.26 Å². The van der Waals surface area contributed by atoms with Gasteiger partial charge in [0.05, 0.1) is 37.8 Å². The van der Waals surface area contributed by atoms with Crippen molar-refractivity contribution in [1.82, 2.24) is 0 Å². The van der Waals surface area contributed by atoms with Gasteiger partial charge in [-0.3, -0.25) is 27.3 Å². The summed E-state index contributed by atoms with van der Waals surface area (Å²) in [4.78, 5) is 38.6. The molecule has 96 heavy (non-hydrogen) atoms. The van der Waals surface area contributed by atoms with Gasteiger partial charge in [0, 0.05) is 78.0 Å². The van der Waals surface area contributed by atoms with E-state index in [1.54, 1.807) is 115 Å². The number of fused-ring (bicyclic) bond motifs is 3. The second-order valence-corrected chi connectivity index (χ2v) is 28.2. The Bertz CT molecular complexity index is 4700. The Morgan fingerprint density at radius 2 is 0.573 bits per heavy atom. The second kappa shape index (κ2) is 29.4. The van der Waals surface area contributed by atoms with E-state index in [9.17, 15) is 39.6 Å². The molecule has 12 aromatic rings. The molecule has 0 fully saturated rings. The van der Waals surface area contributed by atoms with Gasteiger partial charge in [-0.15, -0.1) is 0 Å². The fourth-order valence-electron chi connectivity index (χ4n) is 10.2. The van der Waals surface area contributed by atoms with Crippen LogP contribution in [0.25, 0.3) is 32.9 Å². The molecular weight excluding hydrogens is 1280 g/mol. The number of nitriles is 1. The van der Waals surface area contributed by atoms with Gasteiger partial charge in [-0.05, 0) is 187 Å². The molecule has 0 unspecified atom stereocenters. The first-order chi connectivity index (χ1) is 45.7. The van der Waals surface area contributed by atoms with Crippen molar-refractivity contribution in [3.8, 4) is 6.07 Å². The molecule has 0 saturated heterocycles. The van der Waals surface area contributed by atoms with E-state index in [0.29, 0.717) is 50.9 Å². The topological polar surface area (TPSA) is 263 Å². The highest BCUT2D eigenvalue weighted by atomic mass is 32.2. The lowest BCUT2D eigenvalue weighted by atomic mass is 10.1. The Morgan fingerprint density at radius 3 is 0.792 bits per heavy atom. The monoisotopic (exact) mass is 1340 g/mol. The zero-order chi connectivity index (χ0) is 69.2. The summed E-state index contributed by atoms with van der Waals surface area (Å²) in [6, 6.07) is 63.7. The number of nitrogens with one attached hydrogen (secondary N) is 3. The molecule has 3 heterocycles. The summed E-state index contributed by atoms with van der Waals surface area (Å²) in [6.07, 6.45) is 0. The van der Waals surface area contributed by atoms with Gasteiger partial charge in [-0.25, -0.2) is 25.3 Å². The fraction of sp³-hybridized carbons (Fsp3) is 0.135. The summed E-state index contributed by atoms with van der Waals surface area (Å²) in [7, 11) is -6.63. The number of furan rings is 3. The molecule has 0 spiro atoms. The van der Waals surface area contributed by atoms with E-state index in [4.69, 9.17) is 18.5 Å². The molecule has 0 atom stereocenters. The molecule has 0 saturated carbocycles. The molecule has 12 rings (SSSR count). The molecule has 0 aliphatic heterocycles. The number of hydrogen-bond donors (Lipinski definition) is 3. The van der Waals surface area contributed by atoms with E-state index in [1.807, 2.05) is 114 Å². The van der Waals surface area contributed by atoms with E-state index < -0.39 is 30.1 Å². The Labute approximate surface area is 558 Å². The molecule has 490 valence electrons. The number of carbonyl (C=O) groups excluding carboxylic acids is 3. The number of carbonyl (C=O) groups is 3. The number of aryl methyl sites for hydroxylation is 6. The average Bonchev–Trinajstić information content (AvgIpc) is 1.75. The number of rotatable bonds is 15. The number of sulfonamides is 3. The van der Waals surface area contributed by atoms with E-state index >= 15 is 0 Å². The van der Waals surface area contributed by atoms with E-state index in [2.05, 4.69) is 16.0 Å². The van der Waals surface area contributed by atoms with Crippen LogP contribution in [0.15, 0.2) is 246 Å². The maximum Gasteiger partial charge on any atom is 0.291 e. The van der Waals surface area contributed by atoms with Gasteiger partial charge >= 0.3 is 0 Å². The fourth-order valence-corrected chi connectivity index (χ4v) is 13.7. The minimum absolute atomic E-state index is 0.132. The van der Waals surface area contributed by atoms with Gasteiger partial charge in [0.2, 0.25) is 0 Å². The maximum absolute atomic E-state index is 12.9. The number of benzene rings is 9. The van der Waals surface area contributed by atoms with Crippen molar-refractivity contribution in [2.24, 2.45) is 0 Å². The number of anilines is 6. The minimum Gasteiger partial charge on any atom is -0.451 e. The van der Waals surface area contributed by atoms with E-state index in [0.717, 1.165) is 49.5 Å². The van der Waals surface area contributed by atoms with Crippen molar-refractivity contribution in [2.45, 2.75) is 63.2 Å². The van der Waals surface area contributed by atoms with Crippen LogP contribution in [-0.4, -0.2) is 64.1 Å². The van der Waals surface area contributed by atoms with Crippen LogP contribution >= 0.6 is 0 Å². The maximum atomic E-state index is 12.9. The third-order valence-corrected chi connectivity index (χ3v) is 21.0. The summed E-state index contributed by atoms with van der Waals surface area (Å²) in [6.45, 7) is 12.9. The molecule has 3 aromatic heterocycles. The van der Waals surface area contributed by atoms with Crippen molar-refractivity contribution in [3.63, 3.8) is 0 Å². The SMILES string of the molecule is CC#N.Cc1ccc2oc(C(=O)Nc3ccc(S(=O)(=O)N(C)c4ccccc4)cc3)c(C)c2c1.Cc1ccc2oc(C(=O)Nc3ccc(S(=O)(=O)N(C)c4ccccc4)cc3)c(C)c2c1.Cc1ccc2oc(C(=O)Nc3ccc(S(=O)(=O)N(C)c4ccccc4)cc3)c(C)c2c1. The zero-order valence-corrected chi connectivity index (χ0v) is 56.6. The molecule has 0 radical (unpaired) electrons. The van der Waals surface area contributed by atoms with Crippen LogP contribution in [0, 0.1) is 52.9 Å². The molecule has 3 amide bonds. The van der Waals surface area contributed by atoms with Crippen LogP contribution in [0.5, 0.6) is 0 Å². The third-order valence-electron chi connectivity index (χ3n) is 15.6. The van der Waals surface area contributed by atoms with Gasteiger partial charge in [0.25, 0.3) is 47.8 Å². The largest absolute Gasteiger partial charge is 0.451 e. The van der Waals surface area contributed by atoms with Crippen LogP contribution < -0.4 is 28.9 Å². The van der Waals surface area contributed by atoms with Gasteiger partial charge in [-0.2, -0.15) is 5.26 Å². The predicted octanol–water partition coefficient (Wildman–Crippen LogP) is 15.9. The van der Waals surface area contributed by atoms with Crippen LogP contribution in [0.4, 0.5) is 34.1 Å². The summed E-state index contributed by atoms with van der Waals surface area (Å²) >= 11 is 0. The van der Waals surface area contributed by atoms with Crippen LogP contribution in [0.3, 0.4) is 0 Å². The number of nitrogens with zero attached hydrogens (tertiary/aromatic N) is 4. The number of hydrogen-bond acceptors (Lipinski definition) is 13. The number of para-hydroxylation sites is 3. The Balaban J connectivity index is 0.000000165. The summed E-state index contributed by atoms with van der Waals surface area (Å²) in [5.41, 5.74) is 10.6. The Hall–Kier alpha value is -11.3. The van der Waals surface area contributed by atoms with E-state index in [-0.39, 0.29) is 49.7 Å². The molecule has 0 aliphatic carbocycles. The molecule has 0 bridgehead atoms. The summed E-state index contributed by atoms with van der Waals surface area (Å²) < 4.78 is 98.2. The molecule has 0 aliphatic rings. The third kappa shape index (κ3) is 15.4. The molecule has 3 N–H and O–H groups in total. The lowest BCUT2D eigenvalue weighted by molar-refractivity contribution is 0.0990. The highest BCUT2D eigenvalue weighted by Gasteiger charge is 2.26. The highest BCUT2D eigenvalue weighted by molar-refractivity contribution is 7.93. The Kier molecular flexibility index (Phi) is 21.1. The summed E-state index contributed by atoms with van der Waals surface area (Å²) in [5, 5.41) is 18.3. The number of amides is 3. The van der Waals surface area contributed by atoms with Crippen molar-refractivity contribution < 1.29 is 52.9 Å². The van der Waals surface area contributed by atoms with Crippen molar-refractivity contribution in [2.75, 3.05) is 50.0 Å². The smallest absolute Gasteiger partial charge is 0.291 e. The molecule has 19 nitrogen and oxygen atoms in total. The zero-order valence-electron chi connectivity index (χ0n) is 54.2. The Morgan fingerprint density at radius 1 is 0.354 bits per heavy atom. The van der Waals surface area contributed by atoms with Gasteiger partial charge < -0.3 is 29.2 Å². The summed E-state index contributed by atoms with van der Waals surface area (Å²) in [5.74, 6) is -0.446. The molecular formula is C74H69N7O12S3. The quantitative estimate of drug-likeness (QED) is 0.0863. The van der Waals surface area contributed by atoms with Crippen molar-refractivity contribution >= 4 is 115 Å². The van der Waals surface area contributed by atoms with Gasteiger partial charge in [-0.1, -0.05) is 89.5 Å². The van der Waals surface area contributed by atoms with Crippen LogP contribution in [0.1, 0.15) is 72.0 Å². The van der Waals surface area contributed by atoms with Gasteiger partial charge in [0.15, 0.2) is 17.3 Å². The highest BCUT2D eigenvalue weighted by Crippen LogP contribution is 2.32. The standard InChI is InChI=1S/3C24H22N2O4S.C2H3N/c3*1-16-9-14-22-21(15-16)17(2)23(30-22)24(27)25-18-10-12-20(13-11-18)31(28,29)26(3)19-7-5-4-6-8-19;1-2-3/h3*4-15H,1-3H3,(H,25,27);1H3. The van der Waals surface area contributed by atoms with Crippen LogP contribution in [0.2, 0.25) is 0 Å². The van der Waals surface area contributed by atoms with E-state index in [1.165, 1.54) is 77.4 Å². The van der Waals surface area contributed by atoms with Gasteiger partial charge in [0.1, 0.15) is 16.7 Å². The lowest BCUT2D eigenvalue weighted by Gasteiger charge is -2.19. The molecule has 9 aromatic carbocycles. The minimum atomic E-state index is -3.72. The van der Waals surface area contributed by atoms with Crippen LogP contribution in [-0.2, 0) is 30.1 Å². The lowest BCUT2D eigenvalue weighted by Crippen LogP contribution is -2.26. The first-order valence-corrected chi connectivity index (χ1v) is 34.2. The predicted molar refractivity (Wildman–Crippen MR) is 378 cm³/mol. The average molecular weight is 1340 g/mol. The first kappa shape index (κ1) is 69.1. The normalized spacial score (nSPS) is 11.2. The van der Waals surface area contributed by atoms with Crippen molar-refractivity contribution in [3.05, 3.63) is 269 Å². The first-order valence-electron chi connectivity index (χ1n) is 29.9. The molecule has 22 heteroatoms. The second-order valence-electron chi connectivity index (χ2n) is 22.3.